The lowest BCUT2D eigenvalue weighted by molar-refractivity contribution is -0.138. The minimum atomic E-state index is -4.49. The SMILES string of the molecule is O=C(NCCOc1cccc(C(F)(F)F)c1)c1ccc(C(F)(F)F)cc1. The number of hydrogen-bond donors (Lipinski definition) is 1. The lowest BCUT2D eigenvalue weighted by Gasteiger charge is -2.11. The molecular weight excluding hydrogens is 364 g/mol. The van der Waals surface area contributed by atoms with Crippen LogP contribution in [0.1, 0.15) is 21.5 Å². The van der Waals surface area contributed by atoms with E-state index in [0.717, 1.165) is 36.4 Å². The van der Waals surface area contributed by atoms with Gasteiger partial charge in [-0.25, -0.2) is 0 Å². The number of nitrogens with one attached hydrogen (secondary N) is 1. The Morgan fingerprint density at radius 1 is 0.885 bits per heavy atom. The highest BCUT2D eigenvalue weighted by molar-refractivity contribution is 5.94. The van der Waals surface area contributed by atoms with Crippen LogP contribution in [-0.2, 0) is 12.4 Å². The van der Waals surface area contributed by atoms with Crippen LogP contribution in [0.15, 0.2) is 48.5 Å². The van der Waals surface area contributed by atoms with Crippen molar-refractivity contribution in [3.05, 3.63) is 65.2 Å². The Balaban J connectivity index is 1.84. The molecule has 0 aromatic heterocycles. The van der Waals surface area contributed by atoms with Crippen LogP contribution >= 0.6 is 0 Å². The maximum atomic E-state index is 12.6. The number of ether oxygens (including phenoxy) is 1. The first-order valence-corrected chi connectivity index (χ1v) is 7.33. The van der Waals surface area contributed by atoms with Crippen LogP contribution in [-0.4, -0.2) is 19.1 Å². The van der Waals surface area contributed by atoms with E-state index in [9.17, 15) is 31.1 Å². The molecule has 3 nitrogen and oxygen atoms in total. The molecule has 1 amide bonds. The van der Waals surface area contributed by atoms with E-state index in [1.807, 2.05) is 0 Å². The number of rotatable bonds is 5. The summed E-state index contributed by atoms with van der Waals surface area (Å²) in [5.74, 6) is -0.630. The zero-order chi connectivity index (χ0) is 19.4. The Morgan fingerprint density at radius 3 is 2.08 bits per heavy atom. The van der Waals surface area contributed by atoms with E-state index < -0.39 is 29.4 Å². The van der Waals surface area contributed by atoms with Gasteiger partial charge in [0.1, 0.15) is 12.4 Å². The fourth-order valence-electron chi connectivity index (χ4n) is 2.01. The van der Waals surface area contributed by atoms with Crippen LogP contribution in [0.25, 0.3) is 0 Å². The van der Waals surface area contributed by atoms with Crippen LogP contribution in [0.4, 0.5) is 26.3 Å². The number of alkyl halides is 6. The molecule has 0 radical (unpaired) electrons. The fraction of sp³-hybridized carbons (Fsp3) is 0.235. The molecule has 0 bridgehead atoms. The Kier molecular flexibility index (Phi) is 5.79. The van der Waals surface area contributed by atoms with Crippen LogP contribution in [0.3, 0.4) is 0 Å². The molecule has 0 heterocycles. The summed E-state index contributed by atoms with van der Waals surface area (Å²) >= 11 is 0. The second kappa shape index (κ2) is 7.67. The smallest absolute Gasteiger partial charge is 0.416 e. The second-order valence-corrected chi connectivity index (χ2v) is 5.21. The van der Waals surface area contributed by atoms with Gasteiger partial charge in [-0.05, 0) is 42.5 Å². The molecule has 140 valence electrons. The topological polar surface area (TPSA) is 38.3 Å². The molecule has 0 saturated carbocycles. The largest absolute Gasteiger partial charge is 0.492 e. The average Bonchev–Trinajstić information content (AvgIpc) is 2.57. The molecule has 1 N–H and O–H groups in total. The summed E-state index contributed by atoms with van der Waals surface area (Å²) < 4.78 is 80.2. The number of benzene rings is 2. The summed E-state index contributed by atoms with van der Waals surface area (Å²) in [5.41, 5.74) is -1.71. The molecule has 0 spiro atoms. The highest BCUT2D eigenvalue weighted by Gasteiger charge is 2.31. The highest BCUT2D eigenvalue weighted by Crippen LogP contribution is 2.31. The molecule has 0 fully saturated rings. The Bertz CT molecular complexity index is 753. The minimum Gasteiger partial charge on any atom is -0.492 e. The third-order valence-corrected chi connectivity index (χ3v) is 3.29. The molecule has 0 saturated heterocycles. The molecule has 9 heteroatoms. The van der Waals surface area contributed by atoms with Crippen LogP contribution in [0.5, 0.6) is 5.75 Å². The summed E-state index contributed by atoms with van der Waals surface area (Å²) in [6.07, 6.45) is -8.98. The Labute approximate surface area is 144 Å². The zero-order valence-corrected chi connectivity index (χ0v) is 13.1. The van der Waals surface area contributed by atoms with Crippen molar-refractivity contribution >= 4 is 5.91 Å². The Morgan fingerprint density at radius 2 is 1.50 bits per heavy atom. The van der Waals surface area contributed by atoms with Gasteiger partial charge in [0.2, 0.25) is 0 Å². The van der Waals surface area contributed by atoms with Crippen molar-refractivity contribution in [2.24, 2.45) is 0 Å². The standard InChI is InChI=1S/C17H13F6NO2/c18-16(19,20)12-6-4-11(5-7-12)15(25)24-8-9-26-14-3-1-2-13(10-14)17(21,22)23/h1-7,10H,8-9H2,(H,24,25). The first-order valence-electron chi connectivity index (χ1n) is 7.33. The number of carbonyl (C=O) groups is 1. The zero-order valence-electron chi connectivity index (χ0n) is 13.1. The lowest BCUT2D eigenvalue weighted by atomic mass is 10.1. The fourth-order valence-corrected chi connectivity index (χ4v) is 2.01. The van der Waals surface area contributed by atoms with Crippen molar-refractivity contribution in [2.75, 3.05) is 13.2 Å². The van der Waals surface area contributed by atoms with Gasteiger partial charge in [0.15, 0.2) is 0 Å². The Hall–Kier alpha value is -2.71. The maximum Gasteiger partial charge on any atom is 0.416 e. The molecule has 0 aliphatic rings. The van der Waals surface area contributed by atoms with Gasteiger partial charge in [0, 0.05) is 5.56 Å². The van der Waals surface area contributed by atoms with Gasteiger partial charge < -0.3 is 10.1 Å². The second-order valence-electron chi connectivity index (χ2n) is 5.21. The van der Waals surface area contributed by atoms with Crippen molar-refractivity contribution in [3.8, 4) is 5.75 Å². The first kappa shape index (κ1) is 19.6. The van der Waals surface area contributed by atoms with Gasteiger partial charge in [-0.15, -0.1) is 0 Å². The van der Waals surface area contributed by atoms with Gasteiger partial charge in [-0.3, -0.25) is 4.79 Å². The number of hydrogen-bond acceptors (Lipinski definition) is 2. The van der Waals surface area contributed by atoms with Gasteiger partial charge in [0.25, 0.3) is 5.91 Å². The summed E-state index contributed by atoms with van der Waals surface area (Å²) in [4.78, 5) is 11.8. The summed E-state index contributed by atoms with van der Waals surface area (Å²) in [6.45, 7) is -0.135. The number of amides is 1. The number of carbonyl (C=O) groups excluding carboxylic acids is 1. The molecule has 0 atom stereocenters. The van der Waals surface area contributed by atoms with Crippen molar-refractivity contribution in [3.63, 3.8) is 0 Å². The predicted octanol–water partition coefficient (Wildman–Crippen LogP) is 4.53. The molecule has 2 aromatic carbocycles. The van der Waals surface area contributed by atoms with E-state index in [0.29, 0.717) is 0 Å². The van der Waals surface area contributed by atoms with E-state index in [2.05, 4.69) is 5.32 Å². The van der Waals surface area contributed by atoms with E-state index in [1.54, 1.807) is 0 Å². The molecule has 26 heavy (non-hydrogen) atoms. The van der Waals surface area contributed by atoms with Gasteiger partial charge in [-0.2, -0.15) is 26.3 Å². The quantitative estimate of drug-likeness (QED) is 0.614. The predicted molar refractivity (Wildman–Crippen MR) is 80.7 cm³/mol. The van der Waals surface area contributed by atoms with E-state index >= 15 is 0 Å². The van der Waals surface area contributed by atoms with Gasteiger partial charge >= 0.3 is 12.4 Å². The van der Waals surface area contributed by atoms with Crippen molar-refractivity contribution in [1.29, 1.82) is 0 Å². The summed E-state index contributed by atoms with van der Waals surface area (Å²) in [6, 6.07) is 7.91. The third-order valence-electron chi connectivity index (χ3n) is 3.29. The normalized spacial score (nSPS) is 11.9. The molecule has 0 aliphatic heterocycles. The molecule has 2 aromatic rings. The number of halogens is 6. The average molecular weight is 377 g/mol. The van der Waals surface area contributed by atoms with Crippen molar-refractivity contribution in [2.45, 2.75) is 12.4 Å². The monoisotopic (exact) mass is 377 g/mol. The summed E-state index contributed by atoms with van der Waals surface area (Å²) in [5, 5.41) is 2.40. The third kappa shape index (κ3) is 5.40. The van der Waals surface area contributed by atoms with Crippen LogP contribution in [0.2, 0.25) is 0 Å². The van der Waals surface area contributed by atoms with E-state index in [-0.39, 0.29) is 24.5 Å². The molecule has 0 unspecified atom stereocenters. The summed E-state index contributed by atoms with van der Waals surface area (Å²) in [7, 11) is 0. The van der Waals surface area contributed by atoms with Crippen LogP contribution in [0, 0.1) is 0 Å². The van der Waals surface area contributed by atoms with Crippen molar-refractivity contribution < 1.29 is 35.9 Å². The molecule has 0 aliphatic carbocycles. The van der Waals surface area contributed by atoms with Gasteiger partial charge in [0.05, 0.1) is 17.7 Å². The highest BCUT2D eigenvalue weighted by atomic mass is 19.4. The van der Waals surface area contributed by atoms with Gasteiger partial charge in [-0.1, -0.05) is 6.07 Å². The molecule has 2 rings (SSSR count). The van der Waals surface area contributed by atoms with Crippen LogP contribution < -0.4 is 10.1 Å². The maximum absolute atomic E-state index is 12.6. The lowest BCUT2D eigenvalue weighted by Crippen LogP contribution is -2.28. The van der Waals surface area contributed by atoms with E-state index in [4.69, 9.17) is 4.74 Å². The van der Waals surface area contributed by atoms with Crippen molar-refractivity contribution in [1.82, 2.24) is 5.32 Å². The molecular formula is C17H13F6NO2. The minimum absolute atomic E-state index is 0.0106. The first-order chi connectivity index (χ1) is 12.1. The van der Waals surface area contributed by atoms with E-state index in [1.165, 1.54) is 12.1 Å².